The van der Waals surface area contributed by atoms with Crippen molar-refractivity contribution in [3.8, 4) is 0 Å². The minimum absolute atomic E-state index is 0.0165. The van der Waals surface area contributed by atoms with Crippen LogP contribution in [0.3, 0.4) is 0 Å². The number of fused-ring (bicyclic) bond motifs is 1. The molecule has 2 aliphatic rings. The Kier molecular flexibility index (Phi) is 5.25. The van der Waals surface area contributed by atoms with E-state index in [1.807, 2.05) is 23.3 Å². The van der Waals surface area contributed by atoms with Crippen LogP contribution in [0.2, 0.25) is 0 Å². The van der Waals surface area contributed by atoms with Gasteiger partial charge in [0, 0.05) is 38.1 Å². The van der Waals surface area contributed by atoms with E-state index in [0.717, 1.165) is 36.1 Å². The fraction of sp³-hybridized carbons (Fsp3) is 0.667. The van der Waals surface area contributed by atoms with E-state index >= 15 is 0 Å². The van der Waals surface area contributed by atoms with Crippen LogP contribution < -0.4 is 5.32 Å². The number of likely N-dealkylation sites (tertiary alicyclic amines) is 1. The molecular weight excluding hydrogens is 324 g/mol. The van der Waals surface area contributed by atoms with Gasteiger partial charge in [0.25, 0.3) is 5.91 Å². The Hall–Kier alpha value is -1.40. The quantitative estimate of drug-likeness (QED) is 0.858. The summed E-state index contributed by atoms with van der Waals surface area (Å²) >= 11 is 1.49. The molecule has 6 heteroatoms. The van der Waals surface area contributed by atoms with Crippen molar-refractivity contribution in [3.63, 3.8) is 0 Å². The number of nitrogens with zero attached hydrogens (tertiary/aromatic N) is 1. The number of hydrogen-bond donors (Lipinski definition) is 1. The lowest BCUT2D eigenvalue weighted by molar-refractivity contribution is -0.142. The van der Waals surface area contributed by atoms with Gasteiger partial charge >= 0.3 is 0 Å². The second-order valence-corrected chi connectivity index (χ2v) is 7.88. The number of carbonyl (C=O) groups is 2. The monoisotopic (exact) mass is 350 g/mol. The van der Waals surface area contributed by atoms with Crippen LogP contribution >= 0.6 is 11.3 Å². The highest BCUT2D eigenvalue weighted by molar-refractivity contribution is 7.12. The molecule has 1 N–H and O–H groups in total. The fourth-order valence-electron chi connectivity index (χ4n) is 4.28. The molecule has 3 rings (SSSR count). The van der Waals surface area contributed by atoms with E-state index in [9.17, 15) is 9.59 Å². The second-order valence-electron chi connectivity index (χ2n) is 6.97. The van der Waals surface area contributed by atoms with Crippen molar-refractivity contribution < 1.29 is 14.3 Å². The zero-order valence-electron chi connectivity index (χ0n) is 14.5. The summed E-state index contributed by atoms with van der Waals surface area (Å²) in [5.74, 6) is 0.248. The first-order chi connectivity index (χ1) is 11.6. The van der Waals surface area contributed by atoms with Crippen molar-refractivity contribution in [3.05, 3.63) is 21.9 Å². The third-order valence-electron chi connectivity index (χ3n) is 5.60. The SMILES string of the molecule is COCCN1C(=O)CC[C@]2(CNC(=O)c3sccc3C)CCC[C@@H]12. The maximum absolute atomic E-state index is 12.5. The number of amides is 2. The van der Waals surface area contributed by atoms with Crippen molar-refractivity contribution in [2.45, 2.75) is 45.1 Å². The van der Waals surface area contributed by atoms with Gasteiger partial charge in [-0.2, -0.15) is 0 Å². The van der Waals surface area contributed by atoms with Gasteiger partial charge in [-0.1, -0.05) is 6.42 Å². The molecule has 2 atom stereocenters. The number of hydrogen-bond acceptors (Lipinski definition) is 4. The molecule has 0 radical (unpaired) electrons. The molecule has 0 unspecified atom stereocenters. The van der Waals surface area contributed by atoms with Gasteiger partial charge in [0.2, 0.25) is 5.91 Å². The maximum Gasteiger partial charge on any atom is 0.261 e. The van der Waals surface area contributed by atoms with Crippen molar-refractivity contribution in [2.24, 2.45) is 5.41 Å². The molecule has 5 nitrogen and oxygen atoms in total. The van der Waals surface area contributed by atoms with E-state index in [1.54, 1.807) is 7.11 Å². The van der Waals surface area contributed by atoms with Gasteiger partial charge in [0.15, 0.2) is 0 Å². The smallest absolute Gasteiger partial charge is 0.261 e. The molecule has 1 aliphatic heterocycles. The van der Waals surface area contributed by atoms with Crippen LogP contribution in [0.4, 0.5) is 0 Å². The molecule has 0 bridgehead atoms. The normalized spacial score (nSPS) is 26.5. The maximum atomic E-state index is 12.5. The topological polar surface area (TPSA) is 58.6 Å². The standard InChI is InChI=1S/C18H26N2O3S/c1-13-6-11-24-16(13)17(22)19-12-18-7-3-4-14(18)20(9-10-23-2)15(21)5-8-18/h6,11,14H,3-5,7-10,12H2,1-2H3,(H,19,22)/t14-,18+/m1/s1. The predicted molar refractivity (Wildman–Crippen MR) is 94.3 cm³/mol. The molecule has 2 heterocycles. The zero-order valence-corrected chi connectivity index (χ0v) is 15.3. The largest absolute Gasteiger partial charge is 0.383 e. The average Bonchev–Trinajstić information content (AvgIpc) is 3.19. The molecule has 24 heavy (non-hydrogen) atoms. The molecule has 1 saturated heterocycles. The van der Waals surface area contributed by atoms with Gasteiger partial charge in [-0.3, -0.25) is 9.59 Å². The molecule has 1 aromatic heterocycles. The van der Waals surface area contributed by atoms with Gasteiger partial charge in [-0.05, 0) is 43.2 Å². The number of methoxy groups -OCH3 is 1. The summed E-state index contributed by atoms with van der Waals surface area (Å²) in [5.41, 5.74) is 1.06. The molecule has 1 saturated carbocycles. The molecule has 1 aliphatic carbocycles. The first kappa shape index (κ1) is 17.4. The number of rotatable bonds is 6. The highest BCUT2D eigenvalue weighted by Gasteiger charge is 2.50. The number of nitrogens with one attached hydrogen (secondary N) is 1. The summed E-state index contributed by atoms with van der Waals surface area (Å²) < 4.78 is 5.17. The lowest BCUT2D eigenvalue weighted by Crippen LogP contribution is -2.56. The number of thiophene rings is 1. The van der Waals surface area contributed by atoms with Crippen molar-refractivity contribution >= 4 is 23.2 Å². The van der Waals surface area contributed by atoms with E-state index in [2.05, 4.69) is 5.32 Å². The predicted octanol–water partition coefficient (Wildman–Crippen LogP) is 2.59. The fourth-order valence-corrected chi connectivity index (χ4v) is 5.12. The summed E-state index contributed by atoms with van der Waals surface area (Å²) in [4.78, 5) is 27.6. The van der Waals surface area contributed by atoms with Gasteiger partial charge in [0.1, 0.15) is 0 Å². The second kappa shape index (κ2) is 7.23. The Bertz CT molecular complexity index is 615. The van der Waals surface area contributed by atoms with E-state index < -0.39 is 0 Å². The molecule has 132 valence electrons. The lowest BCUT2D eigenvalue weighted by Gasteiger charge is -2.46. The summed E-state index contributed by atoms with van der Waals surface area (Å²) in [6, 6.07) is 2.21. The molecule has 0 aromatic carbocycles. The average molecular weight is 350 g/mol. The van der Waals surface area contributed by atoms with Crippen LogP contribution in [0.15, 0.2) is 11.4 Å². The van der Waals surface area contributed by atoms with Crippen LogP contribution in [0, 0.1) is 12.3 Å². The summed E-state index contributed by atoms with van der Waals surface area (Å²) in [6.07, 6.45) is 4.69. The third-order valence-corrected chi connectivity index (χ3v) is 6.61. The highest BCUT2D eigenvalue weighted by Crippen LogP contribution is 2.47. The van der Waals surface area contributed by atoms with Gasteiger partial charge in [-0.25, -0.2) is 0 Å². The van der Waals surface area contributed by atoms with E-state index in [1.165, 1.54) is 11.3 Å². The Balaban J connectivity index is 1.70. The molecule has 2 amide bonds. The van der Waals surface area contributed by atoms with Crippen LogP contribution in [-0.2, 0) is 9.53 Å². The van der Waals surface area contributed by atoms with Crippen LogP contribution in [0.25, 0.3) is 0 Å². The van der Waals surface area contributed by atoms with Crippen LogP contribution in [-0.4, -0.2) is 49.6 Å². The molecular formula is C18H26N2O3S. The Morgan fingerprint density at radius 2 is 2.33 bits per heavy atom. The number of aryl methyl sites for hydroxylation is 1. The first-order valence-electron chi connectivity index (χ1n) is 8.68. The lowest BCUT2D eigenvalue weighted by atomic mass is 9.74. The number of piperidine rings is 1. The zero-order chi connectivity index (χ0) is 17.2. The molecule has 0 spiro atoms. The summed E-state index contributed by atoms with van der Waals surface area (Å²) in [7, 11) is 1.67. The van der Waals surface area contributed by atoms with E-state index in [-0.39, 0.29) is 23.3 Å². The van der Waals surface area contributed by atoms with Crippen molar-refractivity contribution in [2.75, 3.05) is 26.8 Å². The highest BCUT2D eigenvalue weighted by atomic mass is 32.1. The molecule has 2 fully saturated rings. The Labute approximate surface area is 147 Å². The van der Waals surface area contributed by atoms with E-state index in [0.29, 0.717) is 26.1 Å². The van der Waals surface area contributed by atoms with Crippen molar-refractivity contribution in [1.82, 2.24) is 10.2 Å². The number of carbonyl (C=O) groups excluding carboxylic acids is 2. The van der Waals surface area contributed by atoms with E-state index in [4.69, 9.17) is 4.74 Å². The minimum atomic E-state index is 0.0165. The van der Waals surface area contributed by atoms with Gasteiger partial charge < -0.3 is 15.0 Å². The number of ether oxygens (including phenoxy) is 1. The Morgan fingerprint density at radius 1 is 1.50 bits per heavy atom. The first-order valence-corrected chi connectivity index (χ1v) is 9.56. The Morgan fingerprint density at radius 3 is 3.04 bits per heavy atom. The van der Waals surface area contributed by atoms with Crippen LogP contribution in [0.1, 0.15) is 47.3 Å². The van der Waals surface area contributed by atoms with Gasteiger partial charge in [0.05, 0.1) is 11.5 Å². The molecule has 1 aromatic rings. The van der Waals surface area contributed by atoms with Crippen molar-refractivity contribution in [1.29, 1.82) is 0 Å². The summed E-state index contributed by atoms with van der Waals surface area (Å²) in [5, 5.41) is 5.10. The van der Waals surface area contributed by atoms with Gasteiger partial charge in [-0.15, -0.1) is 11.3 Å². The minimum Gasteiger partial charge on any atom is -0.383 e. The van der Waals surface area contributed by atoms with Crippen LogP contribution in [0.5, 0.6) is 0 Å². The summed E-state index contributed by atoms with van der Waals surface area (Å²) in [6.45, 7) is 3.84. The third kappa shape index (κ3) is 3.22.